The number of nitro groups is 1. The molecule has 6 nitrogen and oxygen atoms in total. The Morgan fingerprint density at radius 2 is 1.96 bits per heavy atom. The summed E-state index contributed by atoms with van der Waals surface area (Å²) in [6.45, 7) is 1.32. The first-order chi connectivity index (χ1) is 13.5. The number of aromatic nitrogens is 1. The molecule has 1 aliphatic heterocycles. The van der Waals surface area contributed by atoms with Gasteiger partial charge < -0.3 is 4.90 Å². The lowest BCUT2D eigenvalue weighted by molar-refractivity contribution is -0.384. The number of nitriles is 1. The van der Waals surface area contributed by atoms with Gasteiger partial charge in [-0.1, -0.05) is 18.2 Å². The Balaban J connectivity index is 1.65. The van der Waals surface area contributed by atoms with E-state index in [9.17, 15) is 19.8 Å². The minimum atomic E-state index is -0.485. The molecule has 0 bridgehead atoms. The monoisotopic (exact) mass is 374 g/mol. The molecule has 28 heavy (non-hydrogen) atoms. The zero-order chi connectivity index (χ0) is 19.7. The van der Waals surface area contributed by atoms with Crippen molar-refractivity contribution in [3.63, 3.8) is 0 Å². The second-order valence-electron chi connectivity index (χ2n) is 6.53. The lowest BCUT2D eigenvalue weighted by Crippen LogP contribution is -2.29. The minimum absolute atomic E-state index is 0.0663. The Morgan fingerprint density at radius 3 is 2.61 bits per heavy atom. The Morgan fingerprint density at radius 1 is 1.18 bits per heavy atom. The van der Waals surface area contributed by atoms with Crippen molar-refractivity contribution < 1.29 is 9.31 Å². The summed E-state index contributed by atoms with van der Waals surface area (Å²) in [4.78, 5) is 17.1. The maximum absolute atomic E-state index is 13.1. The van der Waals surface area contributed by atoms with Crippen molar-refractivity contribution in [3.8, 4) is 6.07 Å². The number of pyridine rings is 1. The Labute approximate surface area is 160 Å². The highest BCUT2D eigenvalue weighted by Crippen LogP contribution is 2.29. The number of nitro benzene ring substituents is 1. The lowest BCUT2D eigenvalue weighted by Gasteiger charge is -2.28. The molecule has 3 aromatic rings. The van der Waals surface area contributed by atoms with Crippen LogP contribution in [0.3, 0.4) is 0 Å². The van der Waals surface area contributed by atoms with Crippen LogP contribution in [-0.4, -0.2) is 23.0 Å². The first kappa shape index (κ1) is 17.6. The number of halogens is 1. The molecule has 0 saturated heterocycles. The first-order valence-electron chi connectivity index (χ1n) is 8.74. The van der Waals surface area contributed by atoms with Gasteiger partial charge in [0.1, 0.15) is 11.6 Å². The van der Waals surface area contributed by atoms with Gasteiger partial charge in [0.25, 0.3) is 5.69 Å². The smallest absolute Gasteiger partial charge is 0.270 e. The quantitative estimate of drug-likeness (QED) is 0.500. The fourth-order valence-corrected chi connectivity index (χ4v) is 3.37. The SMILES string of the molecule is N#Cc1cc(N2CC=C(c3ccc(F)cc3)CC2)nc2ccc([N+](=O)[O-])cc12. The van der Waals surface area contributed by atoms with Gasteiger partial charge in [-0.2, -0.15) is 5.26 Å². The standard InChI is InChI=1S/C21H15FN4O2/c22-17-3-1-14(2-4-17)15-7-9-25(10-8-15)21-11-16(13-23)19-12-18(26(27)28)5-6-20(19)24-21/h1-7,11-12H,8-10H2. The van der Waals surface area contributed by atoms with E-state index in [0.29, 0.717) is 35.4 Å². The number of rotatable bonds is 3. The van der Waals surface area contributed by atoms with Crippen LogP contribution in [0.25, 0.3) is 16.5 Å². The van der Waals surface area contributed by atoms with Crippen LogP contribution in [0.1, 0.15) is 17.5 Å². The number of anilines is 1. The van der Waals surface area contributed by atoms with Crippen LogP contribution in [0.15, 0.2) is 54.6 Å². The normalized spacial score (nSPS) is 13.9. The summed E-state index contributed by atoms with van der Waals surface area (Å²) in [5.41, 5.74) is 2.99. The molecule has 2 heterocycles. The van der Waals surface area contributed by atoms with E-state index in [0.717, 1.165) is 17.6 Å². The topological polar surface area (TPSA) is 83.1 Å². The highest BCUT2D eigenvalue weighted by molar-refractivity contribution is 5.88. The van der Waals surface area contributed by atoms with E-state index in [1.807, 2.05) is 0 Å². The summed E-state index contributed by atoms with van der Waals surface area (Å²) in [7, 11) is 0. The predicted octanol–water partition coefficient (Wildman–Crippen LogP) is 4.45. The van der Waals surface area contributed by atoms with Crippen LogP contribution in [0.4, 0.5) is 15.9 Å². The summed E-state index contributed by atoms with van der Waals surface area (Å²) in [6, 6.07) is 14.6. The average molecular weight is 374 g/mol. The molecule has 0 atom stereocenters. The molecule has 0 spiro atoms. The molecule has 0 saturated carbocycles. The maximum Gasteiger partial charge on any atom is 0.270 e. The first-order valence-corrected chi connectivity index (χ1v) is 8.74. The Kier molecular flexibility index (Phi) is 4.45. The highest BCUT2D eigenvalue weighted by Gasteiger charge is 2.18. The number of hydrogen-bond acceptors (Lipinski definition) is 5. The van der Waals surface area contributed by atoms with Crippen LogP contribution in [0.5, 0.6) is 0 Å². The van der Waals surface area contributed by atoms with Crippen LogP contribution < -0.4 is 4.90 Å². The van der Waals surface area contributed by atoms with E-state index in [2.05, 4.69) is 22.0 Å². The van der Waals surface area contributed by atoms with E-state index in [-0.39, 0.29) is 11.5 Å². The average Bonchev–Trinajstić information content (AvgIpc) is 2.73. The van der Waals surface area contributed by atoms with Crippen LogP contribution in [0.2, 0.25) is 0 Å². The van der Waals surface area contributed by atoms with Crippen molar-refractivity contribution in [1.29, 1.82) is 5.26 Å². The third kappa shape index (κ3) is 3.28. The largest absolute Gasteiger partial charge is 0.352 e. The van der Waals surface area contributed by atoms with Gasteiger partial charge in [0, 0.05) is 30.6 Å². The molecule has 1 aromatic heterocycles. The van der Waals surface area contributed by atoms with Crippen molar-refractivity contribution in [3.05, 3.63) is 81.7 Å². The molecule has 0 radical (unpaired) electrons. The molecule has 0 amide bonds. The third-order valence-corrected chi connectivity index (χ3v) is 4.86. The van der Waals surface area contributed by atoms with E-state index < -0.39 is 4.92 Å². The zero-order valence-electron chi connectivity index (χ0n) is 14.8. The van der Waals surface area contributed by atoms with Gasteiger partial charge >= 0.3 is 0 Å². The van der Waals surface area contributed by atoms with Crippen LogP contribution >= 0.6 is 0 Å². The second-order valence-corrected chi connectivity index (χ2v) is 6.53. The summed E-state index contributed by atoms with van der Waals surface area (Å²) in [5, 5.41) is 21.0. The fraction of sp³-hybridized carbons (Fsp3) is 0.143. The molecular formula is C21H15FN4O2. The van der Waals surface area contributed by atoms with Gasteiger partial charge in [-0.25, -0.2) is 9.37 Å². The molecular weight excluding hydrogens is 359 g/mol. The van der Waals surface area contributed by atoms with Gasteiger partial charge in [-0.05, 0) is 41.8 Å². The van der Waals surface area contributed by atoms with E-state index in [4.69, 9.17) is 0 Å². The van der Waals surface area contributed by atoms with Crippen molar-refractivity contribution in [1.82, 2.24) is 4.98 Å². The third-order valence-electron chi connectivity index (χ3n) is 4.86. The molecule has 1 aliphatic rings. The van der Waals surface area contributed by atoms with Crippen molar-refractivity contribution in [2.45, 2.75) is 6.42 Å². The number of non-ortho nitro benzene ring substituents is 1. The Bertz CT molecular complexity index is 1150. The molecule has 138 valence electrons. The number of nitrogens with zero attached hydrogens (tertiary/aromatic N) is 4. The van der Waals surface area contributed by atoms with Gasteiger partial charge in [0.2, 0.25) is 0 Å². The maximum atomic E-state index is 13.1. The number of fused-ring (bicyclic) bond motifs is 1. The number of hydrogen-bond donors (Lipinski definition) is 0. The highest BCUT2D eigenvalue weighted by atomic mass is 19.1. The van der Waals surface area contributed by atoms with Crippen LogP contribution in [-0.2, 0) is 0 Å². The number of benzene rings is 2. The summed E-state index contributed by atoms with van der Waals surface area (Å²) in [5.74, 6) is 0.402. The molecule has 0 N–H and O–H groups in total. The summed E-state index contributed by atoms with van der Waals surface area (Å²) < 4.78 is 13.1. The zero-order valence-corrected chi connectivity index (χ0v) is 14.8. The van der Waals surface area contributed by atoms with Gasteiger partial charge in [-0.3, -0.25) is 10.1 Å². The van der Waals surface area contributed by atoms with Crippen molar-refractivity contribution in [2.24, 2.45) is 0 Å². The van der Waals surface area contributed by atoms with Crippen LogP contribution in [0, 0.1) is 27.3 Å². The van der Waals surface area contributed by atoms with E-state index in [1.165, 1.54) is 24.3 Å². The van der Waals surface area contributed by atoms with Gasteiger partial charge in [0.05, 0.1) is 22.1 Å². The molecule has 0 fully saturated rings. The molecule has 0 unspecified atom stereocenters. The van der Waals surface area contributed by atoms with Gasteiger partial charge in [0.15, 0.2) is 0 Å². The van der Waals surface area contributed by atoms with E-state index in [1.54, 1.807) is 24.3 Å². The van der Waals surface area contributed by atoms with Gasteiger partial charge in [-0.15, -0.1) is 0 Å². The summed E-state index contributed by atoms with van der Waals surface area (Å²) in [6.07, 6.45) is 2.85. The molecule has 2 aromatic carbocycles. The van der Waals surface area contributed by atoms with Crippen molar-refractivity contribution in [2.75, 3.05) is 18.0 Å². The molecule has 7 heteroatoms. The lowest BCUT2D eigenvalue weighted by atomic mass is 9.99. The van der Waals surface area contributed by atoms with E-state index >= 15 is 0 Å². The Hall–Kier alpha value is -3.79. The fourth-order valence-electron chi connectivity index (χ4n) is 3.37. The second kappa shape index (κ2) is 7.08. The molecule has 0 aliphatic carbocycles. The molecule has 4 rings (SSSR count). The minimum Gasteiger partial charge on any atom is -0.352 e. The van der Waals surface area contributed by atoms with Crippen molar-refractivity contribution >= 4 is 28.0 Å². The summed E-state index contributed by atoms with van der Waals surface area (Å²) >= 11 is 0. The predicted molar refractivity (Wildman–Crippen MR) is 104 cm³/mol.